The number of methoxy groups -OCH3 is 1. The highest BCUT2D eigenvalue weighted by molar-refractivity contribution is 5.93. The minimum atomic E-state index is -0.0164. The molecule has 1 aliphatic heterocycles. The maximum absolute atomic E-state index is 12.5. The van der Waals surface area contributed by atoms with Crippen LogP contribution in [0.4, 0.5) is 0 Å². The average molecular weight is 408 g/mol. The first kappa shape index (κ1) is 21.4. The van der Waals surface area contributed by atoms with Gasteiger partial charge in [0.25, 0.3) is 5.91 Å². The maximum atomic E-state index is 12.5. The van der Waals surface area contributed by atoms with Crippen LogP contribution in [0, 0.1) is 12.8 Å². The lowest BCUT2D eigenvalue weighted by molar-refractivity contribution is 0.0497. The first-order valence-electron chi connectivity index (χ1n) is 10.0. The van der Waals surface area contributed by atoms with Gasteiger partial charge < -0.3 is 19.5 Å². The zero-order valence-electron chi connectivity index (χ0n) is 17.7. The molecule has 2 heterocycles. The lowest BCUT2D eigenvalue weighted by Gasteiger charge is -2.38. The summed E-state index contributed by atoms with van der Waals surface area (Å²) in [5.41, 5.74) is 2.49. The number of phenolic OH excluding ortho intramolecular Hbond substituents is 1. The fourth-order valence-electron chi connectivity index (χ4n) is 3.31. The molecular formula is C24H28N2O4. The van der Waals surface area contributed by atoms with Crippen LogP contribution in [0.2, 0.25) is 0 Å². The van der Waals surface area contributed by atoms with E-state index in [9.17, 15) is 9.90 Å². The van der Waals surface area contributed by atoms with Crippen LogP contribution in [-0.4, -0.2) is 41.1 Å². The second-order valence-electron chi connectivity index (χ2n) is 7.41. The third-order valence-electron chi connectivity index (χ3n) is 5.07. The molecule has 158 valence electrons. The Labute approximate surface area is 177 Å². The third kappa shape index (κ3) is 5.41. The fraction of sp³-hybridized carbons (Fsp3) is 0.333. The van der Waals surface area contributed by atoms with E-state index in [2.05, 4.69) is 4.98 Å². The van der Waals surface area contributed by atoms with E-state index < -0.39 is 0 Å². The number of likely N-dealkylation sites (tertiary alicyclic amines) is 1. The van der Waals surface area contributed by atoms with E-state index in [1.54, 1.807) is 25.4 Å². The van der Waals surface area contributed by atoms with Gasteiger partial charge in [0.15, 0.2) is 11.5 Å². The summed E-state index contributed by atoms with van der Waals surface area (Å²) in [6.45, 7) is 5.66. The minimum absolute atomic E-state index is 0.0164. The van der Waals surface area contributed by atoms with Crippen molar-refractivity contribution in [2.24, 2.45) is 5.92 Å². The number of aryl methyl sites for hydroxylation is 1. The predicted octanol–water partition coefficient (Wildman–Crippen LogP) is 4.21. The zero-order valence-corrected chi connectivity index (χ0v) is 17.7. The largest absolute Gasteiger partial charge is 0.508 e. The number of amides is 1. The van der Waals surface area contributed by atoms with Gasteiger partial charge in [-0.3, -0.25) is 9.78 Å². The van der Waals surface area contributed by atoms with Gasteiger partial charge >= 0.3 is 0 Å². The minimum Gasteiger partial charge on any atom is -0.508 e. The summed E-state index contributed by atoms with van der Waals surface area (Å²) >= 11 is 0. The van der Waals surface area contributed by atoms with Crippen molar-refractivity contribution in [3.05, 3.63) is 83.1 Å². The summed E-state index contributed by atoms with van der Waals surface area (Å²) in [7, 11) is 1.62. The normalized spacial score (nSPS) is 15.0. The number of carbonyl (C=O) groups is 1. The van der Waals surface area contributed by atoms with Crippen LogP contribution < -0.4 is 0 Å². The summed E-state index contributed by atoms with van der Waals surface area (Å²) in [6.07, 6.45) is 6.36. The molecule has 1 N–H and O–H groups in total. The van der Waals surface area contributed by atoms with Gasteiger partial charge in [-0.2, -0.15) is 0 Å². The van der Waals surface area contributed by atoms with Gasteiger partial charge in [0.05, 0.1) is 7.11 Å². The molecule has 0 bridgehead atoms. The summed E-state index contributed by atoms with van der Waals surface area (Å²) in [5.74, 6) is 1.95. The first-order valence-corrected chi connectivity index (χ1v) is 10.0. The van der Waals surface area contributed by atoms with E-state index in [0.717, 1.165) is 17.5 Å². The number of ether oxygens (including phenoxy) is 2. The number of rotatable bonds is 8. The molecule has 0 aliphatic carbocycles. The summed E-state index contributed by atoms with van der Waals surface area (Å²) in [6, 6.07) is 10.6. The number of benzene rings is 1. The smallest absolute Gasteiger partial charge is 0.272 e. The molecule has 6 nitrogen and oxygen atoms in total. The van der Waals surface area contributed by atoms with Crippen molar-refractivity contribution in [2.75, 3.05) is 20.2 Å². The first-order chi connectivity index (χ1) is 14.5. The van der Waals surface area contributed by atoms with E-state index in [-0.39, 0.29) is 11.7 Å². The van der Waals surface area contributed by atoms with Crippen molar-refractivity contribution in [1.82, 2.24) is 9.88 Å². The predicted molar refractivity (Wildman–Crippen MR) is 115 cm³/mol. The topological polar surface area (TPSA) is 71.9 Å². The number of pyridine rings is 1. The zero-order chi connectivity index (χ0) is 21.5. The molecule has 6 heteroatoms. The standard InChI is InChI=1S/C24H28N2O4/c1-4-22(30-16-18-5-8-20(27)9-6-18)23(29-3)10-7-19-14-26(15-19)24(28)21-13-17(2)11-12-25-21/h4-6,8-13,19,27H,7,14-16H2,1-3H3/b22-4+,23-10+. The fourth-order valence-corrected chi connectivity index (χ4v) is 3.31. The number of allylic oxidation sites excluding steroid dienone is 2. The van der Waals surface area contributed by atoms with E-state index >= 15 is 0 Å². The molecule has 0 spiro atoms. The Bertz CT molecular complexity index is 928. The quantitative estimate of drug-likeness (QED) is 0.523. The van der Waals surface area contributed by atoms with Crippen LogP contribution in [0.3, 0.4) is 0 Å². The number of aromatic hydroxyl groups is 1. The van der Waals surface area contributed by atoms with E-state index in [1.807, 2.05) is 55.2 Å². The Kier molecular flexibility index (Phi) is 7.12. The molecule has 2 aromatic rings. The molecule has 0 saturated carbocycles. The highest BCUT2D eigenvalue weighted by atomic mass is 16.5. The van der Waals surface area contributed by atoms with Crippen molar-refractivity contribution in [3.63, 3.8) is 0 Å². The van der Waals surface area contributed by atoms with Gasteiger partial charge in [0.2, 0.25) is 0 Å². The van der Waals surface area contributed by atoms with Crippen LogP contribution in [0.1, 0.15) is 35.0 Å². The van der Waals surface area contributed by atoms with Crippen LogP contribution in [0.15, 0.2) is 66.3 Å². The second-order valence-corrected chi connectivity index (χ2v) is 7.41. The molecule has 0 unspecified atom stereocenters. The van der Waals surface area contributed by atoms with Gasteiger partial charge in [-0.05, 0) is 73.7 Å². The molecule has 3 rings (SSSR count). The number of nitrogens with zero attached hydrogens (tertiary/aromatic N) is 2. The maximum Gasteiger partial charge on any atom is 0.272 e. The summed E-state index contributed by atoms with van der Waals surface area (Å²) in [5, 5.41) is 9.38. The van der Waals surface area contributed by atoms with Gasteiger partial charge in [-0.25, -0.2) is 0 Å². The van der Waals surface area contributed by atoms with Gasteiger partial charge in [0, 0.05) is 19.3 Å². The molecule has 1 aromatic heterocycles. The van der Waals surface area contributed by atoms with Crippen LogP contribution in [0.25, 0.3) is 0 Å². The van der Waals surface area contributed by atoms with Gasteiger partial charge in [-0.15, -0.1) is 0 Å². The molecule has 1 aromatic carbocycles. The molecule has 0 radical (unpaired) electrons. The number of carbonyl (C=O) groups excluding carboxylic acids is 1. The second kappa shape index (κ2) is 9.96. The number of aromatic nitrogens is 1. The van der Waals surface area contributed by atoms with Crippen molar-refractivity contribution in [3.8, 4) is 5.75 Å². The third-order valence-corrected chi connectivity index (χ3v) is 5.07. The van der Waals surface area contributed by atoms with Crippen molar-refractivity contribution in [2.45, 2.75) is 26.9 Å². The van der Waals surface area contributed by atoms with E-state index in [4.69, 9.17) is 9.47 Å². The van der Waals surface area contributed by atoms with Gasteiger partial charge in [-0.1, -0.05) is 12.1 Å². The van der Waals surface area contributed by atoms with Crippen LogP contribution >= 0.6 is 0 Å². The number of phenols is 1. The summed E-state index contributed by atoms with van der Waals surface area (Å²) in [4.78, 5) is 18.5. The van der Waals surface area contributed by atoms with Crippen molar-refractivity contribution < 1.29 is 19.4 Å². The lowest BCUT2D eigenvalue weighted by Crippen LogP contribution is -2.50. The molecule has 1 aliphatic rings. The highest BCUT2D eigenvalue weighted by Crippen LogP contribution is 2.24. The Morgan fingerprint density at radius 3 is 2.60 bits per heavy atom. The molecule has 0 atom stereocenters. The molecule has 1 saturated heterocycles. The van der Waals surface area contributed by atoms with Crippen LogP contribution in [-0.2, 0) is 16.1 Å². The molecule has 30 heavy (non-hydrogen) atoms. The Hall–Kier alpha value is -3.28. The monoisotopic (exact) mass is 408 g/mol. The SMILES string of the molecule is C/C=C(OCc1ccc(O)cc1)\C(=C/CC1CN(C(=O)c2cc(C)ccn2)C1)OC. The van der Waals surface area contributed by atoms with E-state index in [0.29, 0.717) is 42.8 Å². The molecular weight excluding hydrogens is 380 g/mol. The average Bonchev–Trinajstić information content (AvgIpc) is 2.72. The highest BCUT2D eigenvalue weighted by Gasteiger charge is 2.31. The van der Waals surface area contributed by atoms with Crippen LogP contribution in [0.5, 0.6) is 5.75 Å². The van der Waals surface area contributed by atoms with Gasteiger partial charge in [0.1, 0.15) is 18.1 Å². The Morgan fingerprint density at radius 1 is 1.23 bits per heavy atom. The number of hydrogen-bond donors (Lipinski definition) is 1. The number of hydrogen-bond acceptors (Lipinski definition) is 5. The lowest BCUT2D eigenvalue weighted by atomic mass is 9.95. The summed E-state index contributed by atoms with van der Waals surface area (Å²) < 4.78 is 11.4. The van der Waals surface area contributed by atoms with Crippen molar-refractivity contribution >= 4 is 5.91 Å². The Morgan fingerprint density at radius 2 is 1.97 bits per heavy atom. The Balaban J connectivity index is 1.51. The van der Waals surface area contributed by atoms with E-state index in [1.165, 1.54) is 0 Å². The molecule has 1 fully saturated rings. The van der Waals surface area contributed by atoms with Crippen molar-refractivity contribution in [1.29, 1.82) is 0 Å². The molecule has 1 amide bonds.